The van der Waals surface area contributed by atoms with Gasteiger partial charge in [-0.3, -0.25) is 18.1 Å². The molecule has 0 aromatic carbocycles. The largest absolute Gasteiger partial charge is 0.479 e. The first-order valence-electron chi connectivity index (χ1n) is 9.40. The number of nitrogens with zero attached hydrogens (tertiary/aromatic N) is 4. The molecule has 12 nitrogen and oxygen atoms in total. The molecule has 3 aliphatic rings. The van der Waals surface area contributed by atoms with E-state index >= 15 is 0 Å². The molecule has 5 rings (SSSR count). The summed E-state index contributed by atoms with van der Waals surface area (Å²) in [6.07, 6.45) is 2.19. The Bertz CT molecular complexity index is 994. The van der Waals surface area contributed by atoms with Crippen LogP contribution < -0.4 is 16.2 Å². The van der Waals surface area contributed by atoms with Crippen LogP contribution in [0.3, 0.4) is 0 Å². The van der Waals surface area contributed by atoms with Gasteiger partial charge in [-0.15, -0.1) is 0 Å². The fourth-order valence-corrected chi connectivity index (χ4v) is 5.58. The third-order valence-electron chi connectivity index (χ3n) is 5.61. The summed E-state index contributed by atoms with van der Waals surface area (Å²) in [5.41, 5.74) is 12.2. The van der Waals surface area contributed by atoms with Crippen LogP contribution in [0.25, 0.3) is 11.2 Å². The molecule has 0 spiro atoms. The van der Waals surface area contributed by atoms with Crippen LogP contribution in [0.1, 0.15) is 32.4 Å². The number of imidazole rings is 1. The van der Waals surface area contributed by atoms with Gasteiger partial charge in [0.05, 0.1) is 31.7 Å². The number of anilines is 1. The number of aromatic nitrogens is 4. The van der Waals surface area contributed by atoms with Crippen LogP contribution in [0.4, 0.5) is 5.95 Å². The fraction of sp³-hybridized carbons (Fsp3) is 0.688. The Morgan fingerprint density at radius 1 is 1.38 bits per heavy atom. The Kier molecular flexibility index (Phi) is 4.36. The molecule has 2 aliphatic heterocycles. The number of hydrogen-bond acceptors (Lipinski definition) is 11. The zero-order chi connectivity index (χ0) is 20.4. The van der Waals surface area contributed by atoms with E-state index in [4.69, 9.17) is 34.5 Å². The number of nitrogen functional groups attached to an aromatic ring is 1. The first-order valence-corrected chi connectivity index (χ1v) is 10.9. The standard InChI is InChI=1S/C16H23N6O6P/c1-16(18)11-9(6-25-29(23,28-11)27-8-4-3-5-8)26-14(16)22-7-19-10-12(22)20-15(17)21-13(10)24-2/h7-9,11,14H,3-6,18H2,1-2H3,(H2,17,20,21)/t9-,11-,14-,16-,29?/m1/s1. The minimum absolute atomic E-state index is 0.0308. The monoisotopic (exact) mass is 426 g/mol. The molecule has 5 atom stereocenters. The van der Waals surface area contributed by atoms with Crippen molar-refractivity contribution in [1.82, 2.24) is 19.5 Å². The van der Waals surface area contributed by atoms with Crippen LogP contribution >= 0.6 is 7.82 Å². The van der Waals surface area contributed by atoms with Crippen LogP contribution in [0.2, 0.25) is 0 Å². The van der Waals surface area contributed by atoms with Gasteiger partial charge in [-0.2, -0.15) is 9.97 Å². The number of ether oxygens (including phenoxy) is 2. The van der Waals surface area contributed by atoms with Gasteiger partial charge in [0.15, 0.2) is 17.4 Å². The highest BCUT2D eigenvalue weighted by molar-refractivity contribution is 7.48. The normalized spacial score (nSPS) is 37.4. The third-order valence-corrected chi connectivity index (χ3v) is 7.12. The summed E-state index contributed by atoms with van der Waals surface area (Å²) in [5, 5.41) is 0. The van der Waals surface area contributed by atoms with Gasteiger partial charge in [0.25, 0.3) is 0 Å². The molecular formula is C16H23N6O6P. The lowest BCUT2D eigenvalue weighted by atomic mass is 9.93. The summed E-state index contributed by atoms with van der Waals surface area (Å²) in [7, 11) is -2.24. The predicted octanol–water partition coefficient (Wildman–Crippen LogP) is 1.12. The quantitative estimate of drug-likeness (QED) is 0.675. The van der Waals surface area contributed by atoms with E-state index in [1.807, 2.05) is 0 Å². The fourth-order valence-electron chi connectivity index (χ4n) is 3.87. The zero-order valence-electron chi connectivity index (χ0n) is 16.1. The van der Waals surface area contributed by atoms with E-state index < -0.39 is 31.8 Å². The first kappa shape index (κ1) is 19.2. The van der Waals surface area contributed by atoms with Gasteiger partial charge < -0.3 is 20.9 Å². The molecule has 4 heterocycles. The molecule has 158 valence electrons. The lowest BCUT2D eigenvalue weighted by molar-refractivity contribution is -0.0787. The Balaban J connectivity index is 1.47. The smallest absolute Gasteiger partial charge is 0.475 e. The van der Waals surface area contributed by atoms with Crippen molar-refractivity contribution in [3.8, 4) is 5.88 Å². The Morgan fingerprint density at radius 3 is 2.86 bits per heavy atom. The summed E-state index contributed by atoms with van der Waals surface area (Å²) in [6, 6.07) is 0. The lowest BCUT2D eigenvalue weighted by Gasteiger charge is -2.38. The van der Waals surface area contributed by atoms with Gasteiger partial charge in [-0.1, -0.05) is 0 Å². The van der Waals surface area contributed by atoms with Crippen LogP contribution in [-0.2, 0) is 22.9 Å². The van der Waals surface area contributed by atoms with Crippen LogP contribution in [-0.4, -0.2) is 57.1 Å². The van der Waals surface area contributed by atoms with Crippen LogP contribution in [0, 0.1) is 0 Å². The van der Waals surface area contributed by atoms with E-state index in [9.17, 15) is 4.57 Å². The van der Waals surface area contributed by atoms with E-state index in [-0.39, 0.29) is 24.5 Å². The molecular weight excluding hydrogens is 403 g/mol. The lowest BCUT2D eigenvalue weighted by Crippen LogP contribution is -2.54. The predicted molar refractivity (Wildman–Crippen MR) is 99.9 cm³/mol. The van der Waals surface area contributed by atoms with Crippen molar-refractivity contribution in [3.63, 3.8) is 0 Å². The zero-order valence-corrected chi connectivity index (χ0v) is 16.9. The maximum absolute atomic E-state index is 12.9. The average Bonchev–Trinajstić information content (AvgIpc) is 3.16. The van der Waals surface area contributed by atoms with Crippen molar-refractivity contribution < 1.29 is 27.6 Å². The molecule has 2 saturated heterocycles. The third kappa shape index (κ3) is 3.02. The summed E-state index contributed by atoms with van der Waals surface area (Å²) >= 11 is 0. The van der Waals surface area contributed by atoms with Crippen molar-refractivity contribution in [3.05, 3.63) is 6.33 Å². The Morgan fingerprint density at radius 2 is 2.17 bits per heavy atom. The van der Waals surface area contributed by atoms with E-state index in [0.29, 0.717) is 11.2 Å². The summed E-state index contributed by atoms with van der Waals surface area (Å²) in [4.78, 5) is 12.6. The van der Waals surface area contributed by atoms with Gasteiger partial charge in [-0.25, -0.2) is 9.55 Å². The summed E-state index contributed by atoms with van der Waals surface area (Å²) < 4.78 is 42.7. The number of phosphoric acid groups is 1. The van der Waals surface area contributed by atoms with E-state index in [1.54, 1.807) is 11.5 Å². The summed E-state index contributed by atoms with van der Waals surface area (Å²) in [6.45, 7) is 1.81. The Hall–Kier alpha value is -1.82. The first-order chi connectivity index (χ1) is 13.8. The second kappa shape index (κ2) is 6.59. The van der Waals surface area contributed by atoms with Crippen molar-refractivity contribution in [2.24, 2.45) is 5.73 Å². The van der Waals surface area contributed by atoms with Crippen LogP contribution in [0.5, 0.6) is 5.88 Å². The number of phosphoric ester groups is 1. The minimum Gasteiger partial charge on any atom is -0.479 e. The molecule has 3 fully saturated rings. The van der Waals surface area contributed by atoms with Crippen LogP contribution in [0.15, 0.2) is 6.33 Å². The topological polar surface area (TPSA) is 159 Å². The molecule has 4 N–H and O–H groups in total. The Labute approximate surface area is 166 Å². The second-order valence-electron chi connectivity index (χ2n) is 7.74. The van der Waals surface area contributed by atoms with E-state index in [1.165, 1.54) is 13.4 Å². The highest BCUT2D eigenvalue weighted by atomic mass is 31.2. The molecule has 2 aromatic rings. The maximum Gasteiger partial charge on any atom is 0.475 e. The summed E-state index contributed by atoms with van der Waals surface area (Å²) in [5.74, 6) is 0.279. The van der Waals surface area contributed by atoms with E-state index in [2.05, 4.69) is 15.0 Å². The SMILES string of the molecule is COc1nc(N)nc2c1ncn2[C@@H]1O[C@@H]2COP(=O)(OC3CCC3)O[C@H]2[C@@]1(C)N. The number of rotatable bonds is 4. The van der Waals surface area contributed by atoms with Gasteiger partial charge >= 0.3 is 7.82 Å². The highest BCUT2D eigenvalue weighted by Crippen LogP contribution is 2.60. The van der Waals surface area contributed by atoms with E-state index in [0.717, 1.165) is 19.3 Å². The van der Waals surface area contributed by atoms with Gasteiger partial charge in [-0.05, 0) is 26.2 Å². The maximum atomic E-state index is 12.9. The molecule has 29 heavy (non-hydrogen) atoms. The van der Waals surface area contributed by atoms with Gasteiger partial charge in [0.2, 0.25) is 11.8 Å². The molecule has 2 aromatic heterocycles. The number of methoxy groups -OCH3 is 1. The molecule has 1 unspecified atom stereocenters. The second-order valence-corrected chi connectivity index (χ2v) is 9.31. The van der Waals surface area contributed by atoms with Crippen molar-refractivity contribution >= 4 is 24.9 Å². The highest BCUT2D eigenvalue weighted by Gasteiger charge is 2.59. The van der Waals surface area contributed by atoms with Gasteiger partial charge in [0, 0.05) is 0 Å². The molecule has 1 saturated carbocycles. The number of nitrogens with two attached hydrogens (primary N) is 2. The molecule has 0 radical (unpaired) electrons. The molecule has 1 aliphatic carbocycles. The number of hydrogen-bond donors (Lipinski definition) is 2. The number of fused-ring (bicyclic) bond motifs is 2. The molecule has 0 amide bonds. The van der Waals surface area contributed by atoms with Crippen molar-refractivity contribution in [1.29, 1.82) is 0 Å². The minimum atomic E-state index is -3.71. The average molecular weight is 426 g/mol. The van der Waals surface area contributed by atoms with Crippen molar-refractivity contribution in [2.45, 2.75) is 56.3 Å². The van der Waals surface area contributed by atoms with Crippen molar-refractivity contribution in [2.75, 3.05) is 19.5 Å². The van der Waals surface area contributed by atoms with Gasteiger partial charge in [0.1, 0.15) is 12.2 Å². The molecule has 13 heteroatoms. The molecule has 0 bridgehead atoms.